The summed E-state index contributed by atoms with van der Waals surface area (Å²) in [6, 6.07) is 0.448. The van der Waals surface area contributed by atoms with Gasteiger partial charge in [-0.1, -0.05) is 13.0 Å². The van der Waals surface area contributed by atoms with Gasteiger partial charge < -0.3 is 4.74 Å². The topological polar surface area (TPSA) is 12.5 Å². The van der Waals surface area contributed by atoms with Gasteiger partial charge in [0, 0.05) is 6.54 Å². The molecule has 1 saturated heterocycles. The van der Waals surface area contributed by atoms with E-state index in [2.05, 4.69) is 18.4 Å². The van der Waals surface area contributed by atoms with Gasteiger partial charge in [-0.25, -0.2) is 0 Å². The number of nitrogens with zero attached hydrogens (tertiary/aromatic N) is 1. The maximum Gasteiger partial charge on any atom is 0.0658 e. The second kappa shape index (κ2) is 4.52. The molecule has 64 valence electrons. The fourth-order valence-corrected chi connectivity index (χ4v) is 1.44. The molecule has 1 rings (SSSR count). The van der Waals surface area contributed by atoms with Crippen LogP contribution in [-0.4, -0.2) is 37.2 Å². The van der Waals surface area contributed by atoms with E-state index < -0.39 is 0 Å². The average molecular weight is 155 g/mol. The van der Waals surface area contributed by atoms with E-state index in [4.69, 9.17) is 4.74 Å². The zero-order valence-corrected chi connectivity index (χ0v) is 7.25. The minimum Gasteiger partial charge on any atom is -0.378 e. The van der Waals surface area contributed by atoms with Gasteiger partial charge in [0.2, 0.25) is 0 Å². The van der Waals surface area contributed by atoms with E-state index in [-0.39, 0.29) is 0 Å². The first kappa shape index (κ1) is 8.75. The zero-order chi connectivity index (χ0) is 8.10. The highest BCUT2D eigenvalue weighted by atomic mass is 16.5. The molecule has 2 nitrogen and oxygen atoms in total. The molecule has 1 atom stereocenters. The van der Waals surface area contributed by atoms with E-state index in [0.29, 0.717) is 6.04 Å². The molecule has 0 aromatic carbocycles. The number of ether oxygens (including phenoxy) is 1. The monoisotopic (exact) mass is 155 g/mol. The Hall–Kier alpha value is -0.340. The number of rotatable bonds is 3. The molecule has 0 aromatic rings. The average Bonchev–Trinajstić information content (AvgIpc) is 2.06. The maximum absolute atomic E-state index is 5.34. The quantitative estimate of drug-likeness (QED) is 0.569. The highest BCUT2D eigenvalue weighted by Crippen LogP contribution is 2.07. The highest BCUT2D eigenvalue weighted by molar-refractivity contribution is 4.89. The largest absolute Gasteiger partial charge is 0.378 e. The second-order valence-electron chi connectivity index (χ2n) is 2.91. The van der Waals surface area contributed by atoms with Crippen LogP contribution in [0.25, 0.3) is 0 Å². The van der Waals surface area contributed by atoms with Crippen LogP contribution < -0.4 is 0 Å². The standard InChI is InChI=1S/C9H17NO/c1-3-5-10-6-7-11-8-9(10)4-2/h4,9H,2-3,5-8H2,1H3/t9-/m1/s1. The van der Waals surface area contributed by atoms with Crippen molar-refractivity contribution in [2.24, 2.45) is 0 Å². The fraction of sp³-hybridized carbons (Fsp3) is 0.778. The van der Waals surface area contributed by atoms with Crippen LogP contribution in [0.4, 0.5) is 0 Å². The summed E-state index contributed by atoms with van der Waals surface area (Å²) in [5.74, 6) is 0. The molecule has 1 aliphatic heterocycles. The lowest BCUT2D eigenvalue weighted by Gasteiger charge is -2.33. The normalized spacial score (nSPS) is 26.8. The van der Waals surface area contributed by atoms with Gasteiger partial charge in [-0.3, -0.25) is 4.90 Å². The summed E-state index contributed by atoms with van der Waals surface area (Å²) in [5.41, 5.74) is 0. The Bertz CT molecular complexity index is 123. The minimum atomic E-state index is 0.448. The van der Waals surface area contributed by atoms with Crippen LogP contribution in [0.15, 0.2) is 12.7 Å². The summed E-state index contributed by atoms with van der Waals surface area (Å²) in [7, 11) is 0. The number of hydrogen-bond donors (Lipinski definition) is 0. The van der Waals surface area contributed by atoms with E-state index in [1.165, 1.54) is 13.0 Å². The Labute approximate surface area is 68.8 Å². The van der Waals surface area contributed by atoms with Crippen molar-refractivity contribution in [2.45, 2.75) is 19.4 Å². The van der Waals surface area contributed by atoms with Crippen LogP contribution in [0.2, 0.25) is 0 Å². The van der Waals surface area contributed by atoms with Gasteiger partial charge in [0.25, 0.3) is 0 Å². The summed E-state index contributed by atoms with van der Waals surface area (Å²) >= 11 is 0. The Balaban J connectivity index is 2.37. The SMILES string of the molecule is C=C[C@@H]1COCCN1CCC. The van der Waals surface area contributed by atoms with Gasteiger partial charge in [-0.05, 0) is 13.0 Å². The number of morpholine rings is 1. The third-order valence-corrected chi connectivity index (χ3v) is 2.06. The third kappa shape index (κ3) is 2.31. The summed E-state index contributed by atoms with van der Waals surface area (Å²) in [6.07, 6.45) is 3.19. The Morgan fingerprint density at radius 1 is 1.73 bits per heavy atom. The van der Waals surface area contributed by atoms with Crippen molar-refractivity contribution in [1.82, 2.24) is 4.90 Å². The molecule has 2 heteroatoms. The Morgan fingerprint density at radius 3 is 3.18 bits per heavy atom. The van der Waals surface area contributed by atoms with E-state index in [1.807, 2.05) is 6.08 Å². The van der Waals surface area contributed by atoms with E-state index in [0.717, 1.165) is 19.8 Å². The molecule has 0 spiro atoms. The van der Waals surface area contributed by atoms with Crippen molar-refractivity contribution < 1.29 is 4.74 Å². The smallest absolute Gasteiger partial charge is 0.0658 e. The zero-order valence-electron chi connectivity index (χ0n) is 7.25. The van der Waals surface area contributed by atoms with Crippen molar-refractivity contribution in [3.05, 3.63) is 12.7 Å². The molecule has 0 unspecified atom stereocenters. The van der Waals surface area contributed by atoms with Crippen LogP contribution in [0.1, 0.15) is 13.3 Å². The Kier molecular flexibility index (Phi) is 3.60. The van der Waals surface area contributed by atoms with Crippen LogP contribution in [-0.2, 0) is 4.74 Å². The second-order valence-corrected chi connectivity index (χ2v) is 2.91. The van der Waals surface area contributed by atoms with Crippen LogP contribution >= 0.6 is 0 Å². The lowest BCUT2D eigenvalue weighted by Crippen LogP contribution is -2.44. The van der Waals surface area contributed by atoms with Crippen molar-refractivity contribution in [1.29, 1.82) is 0 Å². The predicted molar refractivity (Wildman–Crippen MR) is 46.7 cm³/mol. The van der Waals surface area contributed by atoms with Gasteiger partial charge in [0.15, 0.2) is 0 Å². The molecular weight excluding hydrogens is 138 g/mol. The van der Waals surface area contributed by atoms with Crippen molar-refractivity contribution >= 4 is 0 Å². The minimum absolute atomic E-state index is 0.448. The summed E-state index contributed by atoms with van der Waals surface area (Å²) in [6.45, 7) is 9.93. The van der Waals surface area contributed by atoms with Crippen molar-refractivity contribution in [3.8, 4) is 0 Å². The summed E-state index contributed by atoms with van der Waals surface area (Å²) < 4.78 is 5.34. The fourth-order valence-electron chi connectivity index (χ4n) is 1.44. The third-order valence-electron chi connectivity index (χ3n) is 2.06. The molecule has 0 aliphatic carbocycles. The maximum atomic E-state index is 5.34. The molecule has 0 radical (unpaired) electrons. The molecule has 0 N–H and O–H groups in total. The molecule has 0 bridgehead atoms. The molecule has 0 amide bonds. The van der Waals surface area contributed by atoms with Crippen molar-refractivity contribution in [3.63, 3.8) is 0 Å². The van der Waals surface area contributed by atoms with Gasteiger partial charge in [0.1, 0.15) is 0 Å². The van der Waals surface area contributed by atoms with Crippen LogP contribution in [0.3, 0.4) is 0 Å². The molecular formula is C9H17NO. The van der Waals surface area contributed by atoms with Gasteiger partial charge in [-0.15, -0.1) is 6.58 Å². The first-order chi connectivity index (χ1) is 5.38. The van der Waals surface area contributed by atoms with Crippen molar-refractivity contribution in [2.75, 3.05) is 26.3 Å². The van der Waals surface area contributed by atoms with Gasteiger partial charge in [0.05, 0.1) is 19.3 Å². The van der Waals surface area contributed by atoms with Crippen LogP contribution in [0, 0.1) is 0 Å². The molecule has 1 aliphatic rings. The van der Waals surface area contributed by atoms with E-state index in [9.17, 15) is 0 Å². The van der Waals surface area contributed by atoms with Gasteiger partial charge >= 0.3 is 0 Å². The van der Waals surface area contributed by atoms with Gasteiger partial charge in [-0.2, -0.15) is 0 Å². The first-order valence-corrected chi connectivity index (χ1v) is 4.32. The first-order valence-electron chi connectivity index (χ1n) is 4.32. The van der Waals surface area contributed by atoms with E-state index >= 15 is 0 Å². The molecule has 1 fully saturated rings. The molecule has 11 heavy (non-hydrogen) atoms. The number of hydrogen-bond acceptors (Lipinski definition) is 2. The molecule has 0 saturated carbocycles. The Morgan fingerprint density at radius 2 is 2.55 bits per heavy atom. The van der Waals surface area contributed by atoms with E-state index in [1.54, 1.807) is 0 Å². The molecule has 1 heterocycles. The highest BCUT2D eigenvalue weighted by Gasteiger charge is 2.18. The summed E-state index contributed by atoms with van der Waals surface area (Å²) in [5, 5.41) is 0. The summed E-state index contributed by atoms with van der Waals surface area (Å²) in [4.78, 5) is 2.43. The molecule has 0 aromatic heterocycles. The lowest BCUT2D eigenvalue weighted by molar-refractivity contribution is 0.0105. The lowest BCUT2D eigenvalue weighted by atomic mass is 10.2. The van der Waals surface area contributed by atoms with Crippen LogP contribution in [0.5, 0.6) is 0 Å². The predicted octanol–water partition coefficient (Wildman–Crippen LogP) is 1.28.